The Labute approximate surface area is 145 Å². The number of carbonyl (C=O) groups excluding carboxylic acids is 1. The predicted octanol–water partition coefficient (Wildman–Crippen LogP) is 3.17. The highest BCUT2D eigenvalue weighted by atomic mass is 16.5. The molecule has 0 radical (unpaired) electrons. The first-order valence-electron chi connectivity index (χ1n) is 8.42. The molecule has 0 saturated carbocycles. The van der Waals surface area contributed by atoms with E-state index in [4.69, 9.17) is 14.3 Å². The van der Waals surface area contributed by atoms with Gasteiger partial charge in [0.2, 0.25) is 5.76 Å². The minimum atomic E-state index is -0.411. The van der Waals surface area contributed by atoms with Crippen molar-refractivity contribution in [2.45, 2.75) is 33.2 Å². The fourth-order valence-electron chi connectivity index (χ4n) is 3.31. The molecule has 128 valence electrons. The Balaban J connectivity index is 1.70. The highest BCUT2D eigenvalue weighted by Crippen LogP contribution is 2.38. The van der Waals surface area contributed by atoms with Crippen LogP contribution in [0.5, 0.6) is 0 Å². The molecule has 0 atom stereocenters. The molecule has 4 rings (SSSR count). The Morgan fingerprint density at radius 3 is 3.04 bits per heavy atom. The van der Waals surface area contributed by atoms with E-state index in [-0.39, 0.29) is 0 Å². The molecule has 0 unspecified atom stereocenters. The first kappa shape index (κ1) is 15.6. The van der Waals surface area contributed by atoms with Crippen molar-refractivity contribution in [1.29, 1.82) is 0 Å². The van der Waals surface area contributed by atoms with Crippen LogP contribution in [-0.4, -0.2) is 27.3 Å². The van der Waals surface area contributed by atoms with Crippen LogP contribution in [0.1, 0.15) is 39.9 Å². The van der Waals surface area contributed by atoms with Gasteiger partial charge in [-0.25, -0.2) is 4.79 Å². The van der Waals surface area contributed by atoms with E-state index < -0.39 is 5.97 Å². The van der Waals surface area contributed by atoms with Crippen molar-refractivity contribution in [3.8, 4) is 11.3 Å². The molecule has 0 N–H and O–H groups in total. The molecule has 3 aromatic heterocycles. The molecular weight excluding hydrogens is 318 g/mol. The fourth-order valence-corrected chi connectivity index (χ4v) is 3.31. The number of esters is 1. The number of ether oxygens (including phenoxy) is 1. The predicted molar refractivity (Wildman–Crippen MR) is 91.4 cm³/mol. The smallest absolute Gasteiger partial charge is 0.374 e. The van der Waals surface area contributed by atoms with Crippen molar-refractivity contribution in [2.75, 3.05) is 6.61 Å². The maximum atomic E-state index is 12.1. The normalized spacial score (nSPS) is 12.6. The monoisotopic (exact) mass is 337 g/mol. The van der Waals surface area contributed by atoms with Gasteiger partial charge in [0, 0.05) is 36.1 Å². The second kappa shape index (κ2) is 6.20. The van der Waals surface area contributed by atoms with E-state index in [0.717, 1.165) is 41.0 Å². The molecule has 1 aliphatic carbocycles. The van der Waals surface area contributed by atoms with Crippen LogP contribution >= 0.6 is 0 Å². The van der Waals surface area contributed by atoms with Crippen LogP contribution in [0, 0.1) is 6.92 Å². The summed E-state index contributed by atoms with van der Waals surface area (Å²) >= 11 is 0. The number of aryl methyl sites for hydroxylation is 2. The number of aromatic nitrogens is 3. The summed E-state index contributed by atoms with van der Waals surface area (Å²) in [4.78, 5) is 16.2. The van der Waals surface area contributed by atoms with E-state index >= 15 is 0 Å². The molecule has 6 nitrogen and oxygen atoms in total. The second-order valence-electron chi connectivity index (χ2n) is 6.14. The minimum Gasteiger partial charge on any atom is -0.460 e. The Hall–Kier alpha value is -2.89. The number of nitrogens with zero attached hydrogens (tertiary/aromatic N) is 3. The lowest BCUT2D eigenvalue weighted by Gasteiger charge is -2.09. The van der Waals surface area contributed by atoms with Crippen molar-refractivity contribution >= 4 is 5.97 Å². The van der Waals surface area contributed by atoms with E-state index in [1.807, 2.05) is 29.9 Å². The Morgan fingerprint density at radius 1 is 1.40 bits per heavy atom. The molecule has 0 aromatic carbocycles. The third-order valence-electron chi connectivity index (χ3n) is 4.44. The summed E-state index contributed by atoms with van der Waals surface area (Å²) in [7, 11) is 0. The first-order chi connectivity index (χ1) is 12.2. The third kappa shape index (κ3) is 2.73. The van der Waals surface area contributed by atoms with E-state index in [9.17, 15) is 4.79 Å². The topological polar surface area (TPSA) is 70.2 Å². The van der Waals surface area contributed by atoms with Gasteiger partial charge in [-0.15, -0.1) is 0 Å². The maximum absolute atomic E-state index is 12.1. The van der Waals surface area contributed by atoms with E-state index in [2.05, 4.69) is 11.2 Å². The third-order valence-corrected chi connectivity index (χ3v) is 4.44. The summed E-state index contributed by atoms with van der Waals surface area (Å²) in [6.07, 6.45) is 7.29. The lowest BCUT2D eigenvalue weighted by molar-refractivity contribution is 0.0487. The number of carbonyl (C=O) groups is 1. The molecule has 3 aromatic rings. The summed E-state index contributed by atoms with van der Waals surface area (Å²) < 4.78 is 12.8. The van der Waals surface area contributed by atoms with Gasteiger partial charge in [-0.05, 0) is 37.5 Å². The zero-order valence-corrected chi connectivity index (χ0v) is 14.3. The molecule has 0 aliphatic heterocycles. The van der Waals surface area contributed by atoms with Crippen LogP contribution in [-0.2, 0) is 24.1 Å². The molecule has 0 fully saturated rings. The highest BCUT2D eigenvalue weighted by Gasteiger charge is 2.30. The van der Waals surface area contributed by atoms with E-state index in [1.54, 1.807) is 13.1 Å². The zero-order chi connectivity index (χ0) is 17.4. The van der Waals surface area contributed by atoms with Gasteiger partial charge in [0.05, 0.1) is 18.8 Å². The lowest BCUT2D eigenvalue weighted by Crippen LogP contribution is -2.05. The maximum Gasteiger partial charge on any atom is 0.374 e. The van der Waals surface area contributed by atoms with Crippen molar-refractivity contribution in [3.05, 3.63) is 58.9 Å². The second-order valence-corrected chi connectivity index (χ2v) is 6.14. The average molecular weight is 337 g/mol. The molecule has 25 heavy (non-hydrogen) atoms. The van der Waals surface area contributed by atoms with Gasteiger partial charge < -0.3 is 9.15 Å². The van der Waals surface area contributed by atoms with Gasteiger partial charge in [-0.2, -0.15) is 5.10 Å². The fraction of sp³-hybridized carbons (Fsp3) is 0.316. The van der Waals surface area contributed by atoms with Gasteiger partial charge in [0.1, 0.15) is 5.76 Å². The molecule has 3 heterocycles. The average Bonchev–Trinajstić information content (AvgIpc) is 3.16. The summed E-state index contributed by atoms with van der Waals surface area (Å²) in [5.41, 5.74) is 4.92. The lowest BCUT2D eigenvalue weighted by atomic mass is 9.94. The number of hydrogen-bond acceptors (Lipinski definition) is 5. The quantitative estimate of drug-likeness (QED) is 0.684. The number of pyridine rings is 1. The SMILES string of the molecule is CCOC(=O)c1oc2c(c1C)-c1nn(Cc3cccnc3)cc1CC2. The van der Waals surface area contributed by atoms with Crippen LogP contribution < -0.4 is 0 Å². The Kier molecular flexibility index (Phi) is 3.87. The molecule has 1 aliphatic rings. The van der Waals surface area contributed by atoms with Crippen LogP contribution in [0.25, 0.3) is 11.3 Å². The van der Waals surface area contributed by atoms with Gasteiger partial charge in [0.25, 0.3) is 0 Å². The van der Waals surface area contributed by atoms with Gasteiger partial charge in [-0.3, -0.25) is 9.67 Å². The summed E-state index contributed by atoms with van der Waals surface area (Å²) in [6, 6.07) is 3.95. The minimum absolute atomic E-state index is 0.293. The first-order valence-corrected chi connectivity index (χ1v) is 8.42. The van der Waals surface area contributed by atoms with Crippen LogP contribution in [0.15, 0.2) is 35.1 Å². The van der Waals surface area contributed by atoms with Crippen molar-refractivity contribution in [1.82, 2.24) is 14.8 Å². The van der Waals surface area contributed by atoms with Crippen LogP contribution in [0.3, 0.4) is 0 Å². The summed E-state index contributed by atoms with van der Waals surface area (Å²) in [5, 5.41) is 4.74. The Bertz CT molecular complexity index is 925. The summed E-state index contributed by atoms with van der Waals surface area (Å²) in [6.45, 7) is 4.67. The largest absolute Gasteiger partial charge is 0.460 e. The van der Waals surface area contributed by atoms with Crippen LogP contribution in [0.4, 0.5) is 0 Å². The van der Waals surface area contributed by atoms with E-state index in [0.29, 0.717) is 18.9 Å². The van der Waals surface area contributed by atoms with Crippen molar-refractivity contribution < 1.29 is 13.9 Å². The van der Waals surface area contributed by atoms with E-state index in [1.165, 1.54) is 5.56 Å². The van der Waals surface area contributed by atoms with Crippen LogP contribution in [0.2, 0.25) is 0 Å². The van der Waals surface area contributed by atoms with Gasteiger partial charge >= 0.3 is 5.97 Å². The van der Waals surface area contributed by atoms with Gasteiger partial charge in [-0.1, -0.05) is 6.07 Å². The number of fused-ring (bicyclic) bond motifs is 3. The Morgan fingerprint density at radius 2 is 2.28 bits per heavy atom. The number of furan rings is 1. The van der Waals surface area contributed by atoms with Crippen molar-refractivity contribution in [3.63, 3.8) is 0 Å². The van der Waals surface area contributed by atoms with Crippen molar-refractivity contribution in [2.24, 2.45) is 0 Å². The molecule has 0 amide bonds. The molecular formula is C19H19N3O3. The van der Waals surface area contributed by atoms with Gasteiger partial charge in [0.15, 0.2) is 0 Å². The molecule has 6 heteroatoms. The standard InChI is InChI=1S/C19H19N3O3/c1-3-24-19(23)18-12(2)16-15(25-18)7-6-14-11-22(21-17(14)16)10-13-5-4-8-20-9-13/h4-5,8-9,11H,3,6-7,10H2,1-2H3. The number of rotatable bonds is 4. The molecule has 0 bridgehead atoms. The molecule has 0 saturated heterocycles. The zero-order valence-electron chi connectivity index (χ0n) is 14.3. The molecule has 0 spiro atoms. The number of hydrogen-bond donors (Lipinski definition) is 0. The highest BCUT2D eigenvalue weighted by molar-refractivity contribution is 5.91. The summed E-state index contributed by atoms with van der Waals surface area (Å²) in [5.74, 6) is 0.701.